The summed E-state index contributed by atoms with van der Waals surface area (Å²) in [4.78, 5) is 48.8. The van der Waals surface area contributed by atoms with Gasteiger partial charge in [-0.15, -0.1) is 0 Å². The fourth-order valence-corrected chi connectivity index (χ4v) is 4.43. The van der Waals surface area contributed by atoms with E-state index in [2.05, 4.69) is 0 Å². The van der Waals surface area contributed by atoms with Crippen LogP contribution >= 0.6 is 0 Å². The lowest BCUT2D eigenvalue weighted by Gasteiger charge is -2.48. The molecule has 3 atom stereocenters. The number of esters is 3. The molecule has 1 saturated heterocycles. The molecule has 0 aromatic rings. The molecule has 2 rings (SSSR count). The van der Waals surface area contributed by atoms with Crippen LogP contribution in [-0.2, 0) is 49.3 Å². The summed E-state index contributed by atoms with van der Waals surface area (Å²) in [5.74, 6) is -3.00. The molecule has 1 amide bonds. The predicted octanol–water partition coefficient (Wildman–Crippen LogP) is -0.366. The maximum Gasteiger partial charge on any atom is 0.356 e. The highest BCUT2D eigenvalue weighted by molar-refractivity contribution is 7.92. The van der Waals surface area contributed by atoms with Gasteiger partial charge in [-0.2, -0.15) is 0 Å². The van der Waals surface area contributed by atoms with Gasteiger partial charge in [0.15, 0.2) is 6.61 Å². The Balaban J connectivity index is 2.21. The Morgan fingerprint density at radius 1 is 1.25 bits per heavy atom. The summed E-state index contributed by atoms with van der Waals surface area (Å²) in [5.41, 5.74) is -0.774. The summed E-state index contributed by atoms with van der Waals surface area (Å²) in [7, 11) is 1.30. The fraction of sp³-hybridized carbons (Fsp3) is 0.647. The molecule has 0 N–H and O–H groups in total. The third-order valence-electron chi connectivity index (χ3n) is 3.79. The van der Waals surface area contributed by atoms with Gasteiger partial charge in [-0.05, 0) is 31.9 Å². The number of β-lactam (4-membered cyclic amide) rings is 1. The Morgan fingerprint density at radius 2 is 1.89 bits per heavy atom. The normalized spacial score (nSPS) is 24.3. The molecule has 0 bridgehead atoms. The monoisotopic (exact) mass is 417 g/mol. The zero-order chi connectivity index (χ0) is 21.2. The van der Waals surface area contributed by atoms with Gasteiger partial charge in [-0.25, -0.2) is 9.59 Å². The zero-order valence-corrected chi connectivity index (χ0v) is 17.1. The summed E-state index contributed by atoms with van der Waals surface area (Å²) >= 11 is -1.56. The lowest BCUT2D eigenvalue weighted by molar-refractivity contribution is -0.169. The minimum atomic E-state index is -1.56. The van der Waals surface area contributed by atoms with E-state index in [0.29, 0.717) is 0 Å². The van der Waals surface area contributed by atoms with E-state index >= 15 is 0 Å². The quantitative estimate of drug-likeness (QED) is 0.246. The Bertz CT molecular complexity index is 712. The lowest BCUT2D eigenvalue weighted by atomic mass is 10.1. The average molecular weight is 417 g/mol. The molecule has 0 saturated carbocycles. The van der Waals surface area contributed by atoms with Crippen molar-refractivity contribution in [2.75, 3.05) is 26.1 Å². The highest BCUT2D eigenvalue weighted by atomic mass is 32.2. The van der Waals surface area contributed by atoms with E-state index in [9.17, 15) is 23.7 Å². The van der Waals surface area contributed by atoms with Gasteiger partial charge in [-0.3, -0.25) is 14.5 Å². The van der Waals surface area contributed by atoms with E-state index in [-0.39, 0.29) is 23.6 Å². The fourth-order valence-electron chi connectivity index (χ4n) is 2.75. The second kappa shape index (κ2) is 8.50. The van der Waals surface area contributed by atoms with Crippen molar-refractivity contribution in [2.24, 2.45) is 0 Å². The van der Waals surface area contributed by atoms with Crippen LogP contribution in [0.1, 0.15) is 27.7 Å². The highest BCUT2D eigenvalue weighted by Gasteiger charge is 2.61. The van der Waals surface area contributed by atoms with Crippen LogP contribution < -0.4 is 0 Å². The van der Waals surface area contributed by atoms with Crippen molar-refractivity contribution in [2.45, 2.75) is 44.8 Å². The number of amides is 1. The number of hydrogen-bond acceptors (Lipinski definition) is 9. The van der Waals surface area contributed by atoms with Gasteiger partial charge < -0.3 is 23.5 Å². The summed E-state index contributed by atoms with van der Waals surface area (Å²) in [6.45, 7) is 5.18. The largest absolute Gasteiger partial charge is 0.614 e. The molecule has 2 unspecified atom stereocenters. The van der Waals surface area contributed by atoms with Crippen LogP contribution in [0.3, 0.4) is 0 Å². The molecule has 2 aliphatic rings. The van der Waals surface area contributed by atoms with Crippen LogP contribution in [0.15, 0.2) is 11.3 Å². The molecule has 0 aliphatic carbocycles. The lowest BCUT2D eigenvalue weighted by Crippen LogP contribution is -2.70. The van der Waals surface area contributed by atoms with Gasteiger partial charge in [0, 0.05) is 19.6 Å². The Hall–Kier alpha value is -2.11. The van der Waals surface area contributed by atoms with Crippen LogP contribution in [0, 0.1) is 0 Å². The van der Waals surface area contributed by atoms with E-state index in [4.69, 9.17) is 18.9 Å². The van der Waals surface area contributed by atoms with Crippen LogP contribution in [0.5, 0.6) is 0 Å². The minimum absolute atomic E-state index is 0.0988. The van der Waals surface area contributed by atoms with E-state index < -0.39 is 58.7 Å². The number of ether oxygens (including phenoxy) is 4. The summed E-state index contributed by atoms with van der Waals surface area (Å²) in [5, 5.41) is -0.845. The van der Waals surface area contributed by atoms with Crippen molar-refractivity contribution >= 4 is 35.0 Å². The first-order chi connectivity index (χ1) is 13.0. The number of fused-ring (bicyclic) bond motifs is 1. The van der Waals surface area contributed by atoms with Gasteiger partial charge in [-0.1, -0.05) is 0 Å². The summed E-state index contributed by atoms with van der Waals surface area (Å²) in [6.07, 6.45) is -0.940. The standard InChI is InChI=1S/C17H23NO9S/c1-9(19)25-6-10-8-28(23)15-13(24-5)14(21)18(15)12(10)16(22)26-7-11(20)27-17(2,3)4/h13,15H,6-8H2,1-5H3/t13-,15?,28?/m1/s1. The van der Waals surface area contributed by atoms with E-state index in [1.165, 1.54) is 14.0 Å². The summed E-state index contributed by atoms with van der Waals surface area (Å²) < 4.78 is 32.4. The van der Waals surface area contributed by atoms with Crippen LogP contribution in [0.4, 0.5) is 0 Å². The SMILES string of the molecule is CO[C@@H]1C(=O)N2C(C(=O)OCC(=O)OC(C)(C)C)=C(COC(C)=O)C[S+]([O-])C12. The van der Waals surface area contributed by atoms with Crippen molar-refractivity contribution in [3.8, 4) is 0 Å². The van der Waals surface area contributed by atoms with Crippen molar-refractivity contribution in [3.63, 3.8) is 0 Å². The van der Waals surface area contributed by atoms with Gasteiger partial charge >= 0.3 is 17.9 Å². The van der Waals surface area contributed by atoms with E-state index in [1.807, 2.05) is 0 Å². The number of carbonyl (C=O) groups excluding carboxylic acids is 4. The maximum absolute atomic E-state index is 12.6. The molecule has 0 radical (unpaired) electrons. The molecule has 2 heterocycles. The van der Waals surface area contributed by atoms with Gasteiger partial charge in [0.05, 0.1) is 0 Å². The maximum atomic E-state index is 12.6. The molecule has 0 aromatic heterocycles. The molecule has 28 heavy (non-hydrogen) atoms. The third kappa shape index (κ3) is 4.83. The number of methoxy groups -OCH3 is 1. The molecule has 2 aliphatic heterocycles. The van der Waals surface area contributed by atoms with Gasteiger partial charge in [0.25, 0.3) is 5.91 Å². The Kier molecular flexibility index (Phi) is 6.73. The van der Waals surface area contributed by atoms with Crippen LogP contribution in [0.25, 0.3) is 0 Å². The van der Waals surface area contributed by atoms with Gasteiger partial charge in [0.1, 0.15) is 23.7 Å². The Labute approximate surface area is 165 Å². The topological polar surface area (TPSA) is 132 Å². The number of hydrogen-bond donors (Lipinski definition) is 0. The molecule has 1 fully saturated rings. The molecule has 11 heteroatoms. The number of rotatable bonds is 6. The van der Waals surface area contributed by atoms with E-state index in [1.54, 1.807) is 20.8 Å². The molecular formula is C17H23NO9S. The van der Waals surface area contributed by atoms with Crippen LogP contribution in [-0.4, -0.2) is 76.4 Å². The molecule has 0 aromatic carbocycles. The molecule has 156 valence electrons. The average Bonchev–Trinajstić information content (AvgIpc) is 2.56. The van der Waals surface area contributed by atoms with E-state index in [0.717, 1.165) is 4.90 Å². The molecular weight excluding hydrogens is 394 g/mol. The smallest absolute Gasteiger partial charge is 0.356 e. The first-order valence-electron chi connectivity index (χ1n) is 8.43. The first kappa shape index (κ1) is 22.2. The van der Waals surface area contributed by atoms with Crippen molar-refractivity contribution in [3.05, 3.63) is 11.3 Å². The highest BCUT2D eigenvalue weighted by Crippen LogP contribution is 2.38. The molecule has 10 nitrogen and oxygen atoms in total. The second-order valence-corrected chi connectivity index (χ2v) is 8.71. The molecule has 0 spiro atoms. The summed E-state index contributed by atoms with van der Waals surface area (Å²) in [6, 6.07) is 0. The zero-order valence-electron chi connectivity index (χ0n) is 16.3. The predicted molar refractivity (Wildman–Crippen MR) is 94.9 cm³/mol. The Morgan fingerprint density at radius 3 is 2.43 bits per heavy atom. The second-order valence-electron chi connectivity index (χ2n) is 7.18. The minimum Gasteiger partial charge on any atom is -0.614 e. The van der Waals surface area contributed by atoms with Crippen molar-refractivity contribution in [1.82, 2.24) is 4.90 Å². The van der Waals surface area contributed by atoms with Gasteiger partial charge in [0.2, 0.25) is 11.5 Å². The van der Waals surface area contributed by atoms with Crippen molar-refractivity contribution < 1.29 is 42.7 Å². The number of carbonyl (C=O) groups is 4. The first-order valence-corrected chi connectivity index (χ1v) is 9.82. The number of nitrogens with zero attached hydrogens (tertiary/aromatic N) is 1. The van der Waals surface area contributed by atoms with Crippen molar-refractivity contribution in [1.29, 1.82) is 0 Å². The third-order valence-corrected chi connectivity index (χ3v) is 5.42. The van der Waals surface area contributed by atoms with Crippen LogP contribution in [0.2, 0.25) is 0 Å².